The Morgan fingerprint density at radius 3 is 2.50 bits per heavy atom. The van der Waals surface area contributed by atoms with E-state index in [9.17, 15) is 9.59 Å². The van der Waals surface area contributed by atoms with Crippen molar-refractivity contribution in [1.29, 1.82) is 0 Å². The molecule has 0 radical (unpaired) electrons. The van der Waals surface area contributed by atoms with Crippen LogP contribution in [0.1, 0.15) is 12.8 Å². The first-order chi connectivity index (χ1) is 11.6. The van der Waals surface area contributed by atoms with Gasteiger partial charge in [0.05, 0.1) is 5.02 Å². The molecule has 0 atom stereocenters. The number of rotatable bonds is 5. The molecule has 5 nitrogen and oxygen atoms in total. The molecule has 1 saturated carbocycles. The number of nitrogens with one attached hydrogen (secondary N) is 2. The van der Waals surface area contributed by atoms with Crippen LogP contribution in [0.25, 0.3) is 11.1 Å². The van der Waals surface area contributed by atoms with Gasteiger partial charge in [0.25, 0.3) is 5.91 Å². The Balaban J connectivity index is 1.55. The summed E-state index contributed by atoms with van der Waals surface area (Å²) >= 11 is 6.21. The molecule has 0 aromatic heterocycles. The lowest BCUT2D eigenvalue weighted by Gasteiger charge is -2.10. The zero-order valence-electron chi connectivity index (χ0n) is 12.9. The van der Waals surface area contributed by atoms with Gasteiger partial charge in [-0.05, 0) is 36.1 Å². The van der Waals surface area contributed by atoms with Crippen LogP contribution in [-0.4, -0.2) is 24.6 Å². The van der Waals surface area contributed by atoms with Crippen molar-refractivity contribution < 1.29 is 14.3 Å². The van der Waals surface area contributed by atoms with E-state index in [2.05, 4.69) is 10.6 Å². The SMILES string of the molecule is O=C(COc1ccc(-c2ccccc2)cc1Cl)NC(=O)NC1CC1. The van der Waals surface area contributed by atoms with Crippen molar-refractivity contribution in [2.45, 2.75) is 18.9 Å². The van der Waals surface area contributed by atoms with Gasteiger partial charge in [-0.25, -0.2) is 4.79 Å². The van der Waals surface area contributed by atoms with Gasteiger partial charge in [0.15, 0.2) is 6.61 Å². The van der Waals surface area contributed by atoms with Gasteiger partial charge in [-0.2, -0.15) is 0 Å². The van der Waals surface area contributed by atoms with Crippen molar-refractivity contribution in [2.24, 2.45) is 0 Å². The highest BCUT2D eigenvalue weighted by Crippen LogP contribution is 2.30. The largest absolute Gasteiger partial charge is 0.482 e. The van der Waals surface area contributed by atoms with Crippen molar-refractivity contribution in [1.82, 2.24) is 10.6 Å². The Morgan fingerprint density at radius 2 is 1.83 bits per heavy atom. The van der Waals surface area contributed by atoms with E-state index in [0.717, 1.165) is 24.0 Å². The third-order valence-electron chi connectivity index (χ3n) is 3.56. The van der Waals surface area contributed by atoms with Gasteiger partial charge >= 0.3 is 6.03 Å². The molecule has 0 unspecified atom stereocenters. The van der Waals surface area contributed by atoms with Crippen LogP contribution >= 0.6 is 11.6 Å². The second kappa shape index (κ2) is 7.36. The minimum absolute atomic E-state index is 0.193. The molecule has 0 heterocycles. The van der Waals surface area contributed by atoms with E-state index in [1.807, 2.05) is 36.4 Å². The van der Waals surface area contributed by atoms with Crippen molar-refractivity contribution in [3.8, 4) is 16.9 Å². The number of ether oxygens (including phenoxy) is 1. The minimum Gasteiger partial charge on any atom is -0.482 e. The molecule has 0 bridgehead atoms. The van der Waals surface area contributed by atoms with Crippen molar-refractivity contribution in [2.75, 3.05) is 6.61 Å². The number of benzene rings is 2. The van der Waals surface area contributed by atoms with Crippen LogP contribution in [0.15, 0.2) is 48.5 Å². The Kier molecular flexibility index (Phi) is 5.01. The van der Waals surface area contributed by atoms with Crippen LogP contribution in [0.4, 0.5) is 4.79 Å². The molecule has 1 aliphatic rings. The maximum absolute atomic E-state index is 11.7. The Bertz CT molecular complexity index is 745. The fraction of sp³-hybridized carbons (Fsp3) is 0.222. The first kappa shape index (κ1) is 16.3. The summed E-state index contributed by atoms with van der Waals surface area (Å²) in [5.41, 5.74) is 2.00. The van der Waals surface area contributed by atoms with Gasteiger partial charge < -0.3 is 10.1 Å². The molecule has 2 aromatic rings. The summed E-state index contributed by atoms with van der Waals surface area (Å²) in [6.07, 6.45) is 1.92. The maximum atomic E-state index is 11.7. The highest BCUT2D eigenvalue weighted by Gasteiger charge is 2.23. The van der Waals surface area contributed by atoms with Gasteiger partial charge in [0.2, 0.25) is 0 Å². The maximum Gasteiger partial charge on any atom is 0.321 e. The van der Waals surface area contributed by atoms with Gasteiger partial charge in [-0.1, -0.05) is 48.0 Å². The van der Waals surface area contributed by atoms with Gasteiger partial charge in [-0.15, -0.1) is 0 Å². The first-order valence-corrected chi connectivity index (χ1v) is 8.08. The van der Waals surface area contributed by atoms with Crippen LogP contribution in [0.5, 0.6) is 5.75 Å². The molecule has 124 valence electrons. The first-order valence-electron chi connectivity index (χ1n) is 7.70. The Morgan fingerprint density at radius 1 is 1.08 bits per heavy atom. The summed E-state index contributed by atoms with van der Waals surface area (Å²) in [6.45, 7) is -0.275. The molecule has 1 fully saturated rings. The standard InChI is InChI=1S/C18H17ClN2O3/c19-15-10-13(12-4-2-1-3-5-12)6-9-16(15)24-11-17(22)21-18(23)20-14-7-8-14/h1-6,9-10,14H,7-8,11H2,(H2,20,21,22,23). The third-order valence-corrected chi connectivity index (χ3v) is 3.86. The van der Waals surface area contributed by atoms with E-state index >= 15 is 0 Å². The molecular formula is C18H17ClN2O3. The summed E-state index contributed by atoms with van der Waals surface area (Å²) in [5.74, 6) is -0.120. The molecule has 24 heavy (non-hydrogen) atoms. The number of hydrogen-bond acceptors (Lipinski definition) is 3. The zero-order chi connectivity index (χ0) is 16.9. The summed E-state index contributed by atoms with van der Waals surface area (Å²) in [7, 11) is 0. The molecule has 3 amide bonds. The van der Waals surface area contributed by atoms with Gasteiger partial charge in [0.1, 0.15) is 5.75 Å². The minimum atomic E-state index is -0.517. The van der Waals surface area contributed by atoms with E-state index in [1.165, 1.54) is 0 Å². The van der Waals surface area contributed by atoms with E-state index in [4.69, 9.17) is 16.3 Å². The van der Waals surface area contributed by atoms with Crippen LogP contribution in [0.2, 0.25) is 5.02 Å². The van der Waals surface area contributed by atoms with Crippen LogP contribution in [-0.2, 0) is 4.79 Å². The van der Waals surface area contributed by atoms with Crippen LogP contribution in [0, 0.1) is 0 Å². The molecule has 3 rings (SSSR count). The molecule has 0 aliphatic heterocycles. The summed E-state index contributed by atoms with van der Waals surface area (Å²) < 4.78 is 5.39. The van der Waals surface area contributed by atoms with Crippen molar-refractivity contribution >= 4 is 23.5 Å². The molecular weight excluding hydrogens is 328 g/mol. The number of hydrogen-bond donors (Lipinski definition) is 2. The Labute approximate surface area is 145 Å². The van der Waals surface area contributed by atoms with Crippen molar-refractivity contribution in [3.63, 3.8) is 0 Å². The average molecular weight is 345 g/mol. The molecule has 6 heteroatoms. The summed E-state index contributed by atoms with van der Waals surface area (Å²) in [4.78, 5) is 23.1. The lowest BCUT2D eigenvalue weighted by atomic mass is 10.1. The topological polar surface area (TPSA) is 67.4 Å². The number of amides is 3. The molecule has 0 saturated heterocycles. The summed E-state index contributed by atoms with van der Waals surface area (Å²) in [6, 6.07) is 14.9. The molecule has 2 N–H and O–H groups in total. The third kappa shape index (κ3) is 4.49. The monoisotopic (exact) mass is 344 g/mol. The summed E-state index contributed by atoms with van der Waals surface area (Å²) in [5, 5.41) is 5.30. The molecule has 2 aromatic carbocycles. The van der Waals surface area contributed by atoms with E-state index in [-0.39, 0.29) is 12.6 Å². The quantitative estimate of drug-likeness (QED) is 0.873. The number of carbonyl (C=O) groups excluding carboxylic acids is 2. The number of urea groups is 1. The highest BCUT2D eigenvalue weighted by molar-refractivity contribution is 6.32. The average Bonchev–Trinajstić information content (AvgIpc) is 3.38. The van der Waals surface area contributed by atoms with Crippen LogP contribution in [0.3, 0.4) is 0 Å². The normalized spacial score (nSPS) is 13.2. The van der Waals surface area contributed by atoms with E-state index in [1.54, 1.807) is 12.1 Å². The van der Waals surface area contributed by atoms with Crippen LogP contribution < -0.4 is 15.4 Å². The van der Waals surface area contributed by atoms with Crippen molar-refractivity contribution in [3.05, 3.63) is 53.6 Å². The van der Waals surface area contributed by atoms with Gasteiger partial charge in [-0.3, -0.25) is 10.1 Å². The second-order valence-corrected chi connectivity index (χ2v) is 6.00. The fourth-order valence-corrected chi connectivity index (χ4v) is 2.42. The smallest absolute Gasteiger partial charge is 0.321 e. The van der Waals surface area contributed by atoms with Gasteiger partial charge in [0, 0.05) is 6.04 Å². The highest BCUT2D eigenvalue weighted by atomic mass is 35.5. The predicted molar refractivity (Wildman–Crippen MR) is 92.1 cm³/mol. The number of halogens is 1. The van der Waals surface area contributed by atoms with E-state index in [0.29, 0.717) is 10.8 Å². The molecule has 0 spiro atoms. The Hall–Kier alpha value is -2.53. The number of imide groups is 1. The fourth-order valence-electron chi connectivity index (χ4n) is 2.18. The molecule has 1 aliphatic carbocycles. The zero-order valence-corrected chi connectivity index (χ0v) is 13.7. The predicted octanol–water partition coefficient (Wildman–Crippen LogP) is 3.37. The lowest BCUT2D eigenvalue weighted by Crippen LogP contribution is -2.42. The lowest BCUT2D eigenvalue weighted by molar-refractivity contribution is -0.122. The second-order valence-electron chi connectivity index (χ2n) is 5.60. The number of carbonyl (C=O) groups is 2. The van der Waals surface area contributed by atoms with E-state index < -0.39 is 11.9 Å².